The quantitative estimate of drug-likeness (QED) is 0.906. The summed E-state index contributed by atoms with van der Waals surface area (Å²) >= 11 is 6.08. The fraction of sp³-hybridized carbons (Fsp3) is 0.625. The Morgan fingerprint density at radius 1 is 1.26 bits per heavy atom. The molecule has 19 heavy (non-hydrogen) atoms. The molecule has 1 N–H and O–H groups in total. The van der Waals surface area contributed by atoms with Crippen LogP contribution in [0.1, 0.15) is 38.2 Å². The van der Waals surface area contributed by atoms with Crippen LogP contribution < -0.4 is 10.2 Å². The lowest BCUT2D eigenvalue weighted by molar-refractivity contribution is 0.361. The number of nitrogens with one attached hydrogen (secondary N) is 1. The van der Waals surface area contributed by atoms with E-state index in [1.54, 1.807) is 0 Å². The Kier molecular flexibility index (Phi) is 3.72. The summed E-state index contributed by atoms with van der Waals surface area (Å²) in [6.07, 6.45) is 5.25. The molecule has 0 aliphatic carbocycles. The smallest absolute Gasteiger partial charge is 0.0410 e. The fourth-order valence-electron chi connectivity index (χ4n) is 3.93. The SMILES string of the molecule is CCNC1CC2CCC(C1)N2c1ccc(Cl)cc1C. The number of nitrogens with zero attached hydrogens (tertiary/aromatic N) is 1. The standard InChI is InChI=1S/C16H23ClN2/c1-3-18-13-9-14-5-6-15(10-13)19(14)16-7-4-12(17)8-11(16)2/h4,7-8,13-15,18H,3,5-6,9-10H2,1-2H3. The zero-order chi connectivity index (χ0) is 13.4. The molecular formula is C16H23ClN2. The average molecular weight is 279 g/mol. The van der Waals surface area contributed by atoms with Gasteiger partial charge in [-0.2, -0.15) is 0 Å². The van der Waals surface area contributed by atoms with E-state index in [0.29, 0.717) is 18.1 Å². The summed E-state index contributed by atoms with van der Waals surface area (Å²) in [5.41, 5.74) is 2.71. The highest BCUT2D eigenvalue weighted by molar-refractivity contribution is 6.30. The van der Waals surface area contributed by atoms with Crippen LogP contribution >= 0.6 is 11.6 Å². The average Bonchev–Trinajstić information content (AvgIpc) is 2.63. The van der Waals surface area contributed by atoms with Gasteiger partial charge in [0.2, 0.25) is 0 Å². The van der Waals surface area contributed by atoms with Gasteiger partial charge in [0, 0.05) is 28.8 Å². The van der Waals surface area contributed by atoms with E-state index in [2.05, 4.69) is 36.2 Å². The molecule has 2 heterocycles. The number of anilines is 1. The topological polar surface area (TPSA) is 15.3 Å². The first-order chi connectivity index (χ1) is 9.19. The van der Waals surface area contributed by atoms with Gasteiger partial charge >= 0.3 is 0 Å². The number of piperidine rings is 1. The maximum atomic E-state index is 6.08. The largest absolute Gasteiger partial charge is 0.365 e. The molecular weight excluding hydrogens is 256 g/mol. The van der Waals surface area contributed by atoms with Gasteiger partial charge < -0.3 is 10.2 Å². The zero-order valence-electron chi connectivity index (χ0n) is 11.8. The number of hydrogen-bond acceptors (Lipinski definition) is 2. The molecule has 2 nitrogen and oxygen atoms in total. The molecule has 2 atom stereocenters. The van der Waals surface area contributed by atoms with Crippen LogP contribution in [-0.2, 0) is 0 Å². The summed E-state index contributed by atoms with van der Waals surface area (Å²) in [5, 5.41) is 4.48. The maximum Gasteiger partial charge on any atom is 0.0410 e. The molecule has 2 saturated heterocycles. The number of benzene rings is 1. The summed E-state index contributed by atoms with van der Waals surface area (Å²) in [4.78, 5) is 2.67. The molecule has 0 saturated carbocycles. The van der Waals surface area contributed by atoms with Crippen molar-refractivity contribution in [3.63, 3.8) is 0 Å². The minimum absolute atomic E-state index is 0.711. The summed E-state index contributed by atoms with van der Waals surface area (Å²) in [5.74, 6) is 0. The molecule has 2 unspecified atom stereocenters. The zero-order valence-corrected chi connectivity index (χ0v) is 12.6. The second kappa shape index (κ2) is 5.34. The lowest BCUT2D eigenvalue weighted by atomic mass is 9.95. The Balaban J connectivity index is 1.83. The van der Waals surface area contributed by atoms with E-state index in [4.69, 9.17) is 11.6 Å². The summed E-state index contributed by atoms with van der Waals surface area (Å²) in [7, 11) is 0. The minimum atomic E-state index is 0.711. The Labute approximate surface area is 121 Å². The lowest BCUT2D eigenvalue weighted by Crippen LogP contribution is -2.49. The molecule has 2 aliphatic heterocycles. The Morgan fingerprint density at radius 3 is 2.53 bits per heavy atom. The molecule has 1 aromatic carbocycles. The van der Waals surface area contributed by atoms with E-state index in [1.807, 2.05) is 6.07 Å². The lowest BCUT2D eigenvalue weighted by Gasteiger charge is -2.41. The number of aryl methyl sites for hydroxylation is 1. The van der Waals surface area contributed by atoms with Crippen molar-refractivity contribution in [1.29, 1.82) is 0 Å². The maximum absolute atomic E-state index is 6.08. The van der Waals surface area contributed by atoms with Crippen molar-refractivity contribution >= 4 is 17.3 Å². The van der Waals surface area contributed by atoms with Gasteiger partial charge in [-0.3, -0.25) is 0 Å². The van der Waals surface area contributed by atoms with Crippen molar-refractivity contribution in [3.8, 4) is 0 Å². The van der Waals surface area contributed by atoms with Crippen LogP contribution in [0.5, 0.6) is 0 Å². The third kappa shape index (κ3) is 2.48. The molecule has 1 aromatic rings. The molecule has 2 bridgehead atoms. The molecule has 0 amide bonds. The van der Waals surface area contributed by atoms with E-state index in [-0.39, 0.29) is 0 Å². The fourth-order valence-corrected chi connectivity index (χ4v) is 4.16. The van der Waals surface area contributed by atoms with Crippen LogP contribution in [0.15, 0.2) is 18.2 Å². The highest BCUT2D eigenvalue weighted by Crippen LogP contribution is 2.40. The van der Waals surface area contributed by atoms with Gasteiger partial charge in [-0.25, -0.2) is 0 Å². The molecule has 2 aliphatic rings. The van der Waals surface area contributed by atoms with Crippen LogP contribution in [-0.4, -0.2) is 24.7 Å². The van der Waals surface area contributed by atoms with Crippen LogP contribution in [0.2, 0.25) is 5.02 Å². The van der Waals surface area contributed by atoms with Gasteiger partial charge in [-0.05, 0) is 62.9 Å². The Morgan fingerprint density at radius 2 is 1.95 bits per heavy atom. The van der Waals surface area contributed by atoms with Crippen LogP contribution in [0, 0.1) is 6.92 Å². The number of rotatable bonds is 3. The van der Waals surface area contributed by atoms with E-state index in [0.717, 1.165) is 11.6 Å². The number of hydrogen-bond donors (Lipinski definition) is 1. The van der Waals surface area contributed by atoms with E-state index >= 15 is 0 Å². The molecule has 0 aromatic heterocycles. The van der Waals surface area contributed by atoms with Crippen molar-refractivity contribution in [2.45, 2.75) is 57.7 Å². The summed E-state index contributed by atoms with van der Waals surface area (Å²) in [6, 6.07) is 8.46. The predicted octanol–water partition coefficient (Wildman–Crippen LogP) is 3.76. The monoisotopic (exact) mass is 278 g/mol. The third-order valence-electron chi connectivity index (χ3n) is 4.66. The number of fused-ring (bicyclic) bond motifs is 2. The molecule has 3 rings (SSSR count). The molecule has 2 fully saturated rings. The minimum Gasteiger partial charge on any atom is -0.365 e. The van der Waals surface area contributed by atoms with Gasteiger partial charge in [0.15, 0.2) is 0 Å². The van der Waals surface area contributed by atoms with E-state index in [1.165, 1.54) is 36.9 Å². The second-order valence-corrected chi connectivity index (χ2v) is 6.39. The first kappa shape index (κ1) is 13.3. The normalized spacial score (nSPS) is 29.8. The van der Waals surface area contributed by atoms with E-state index < -0.39 is 0 Å². The second-order valence-electron chi connectivity index (χ2n) is 5.95. The van der Waals surface area contributed by atoms with Gasteiger partial charge in [0.05, 0.1) is 0 Å². The third-order valence-corrected chi connectivity index (χ3v) is 4.90. The molecule has 3 heteroatoms. The predicted molar refractivity (Wildman–Crippen MR) is 82.2 cm³/mol. The van der Waals surface area contributed by atoms with Crippen molar-refractivity contribution < 1.29 is 0 Å². The Bertz CT molecular complexity index is 446. The molecule has 104 valence electrons. The highest BCUT2D eigenvalue weighted by Gasteiger charge is 2.40. The first-order valence-electron chi connectivity index (χ1n) is 7.47. The summed E-state index contributed by atoms with van der Waals surface area (Å²) in [6.45, 7) is 5.47. The first-order valence-corrected chi connectivity index (χ1v) is 7.84. The van der Waals surface area contributed by atoms with Crippen molar-refractivity contribution in [2.24, 2.45) is 0 Å². The van der Waals surface area contributed by atoms with Gasteiger partial charge in [0.1, 0.15) is 0 Å². The van der Waals surface area contributed by atoms with Gasteiger partial charge in [-0.1, -0.05) is 18.5 Å². The number of halogens is 1. The Hall–Kier alpha value is -0.730. The molecule has 0 radical (unpaired) electrons. The highest BCUT2D eigenvalue weighted by atomic mass is 35.5. The van der Waals surface area contributed by atoms with E-state index in [9.17, 15) is 0 Å². The van der Waals surface area contributed by atoms with Crippen LogP contribution in [0.25, 0.3) is 0 Å². The summed E-state index contributed by atoms with van der Waals surface area (Å²) < 4.78 is 0. The van der Waals surface area contributed by atoms with Gasteiger partial charge in [-0.15, -0.1) is 0 Å². The van der Waals surface area contributed by atoms with Crippen molar-refractivity contribution in [2.75, 3.05) is 11.4 Å². The van der Waals surface area contributed by atoms with Crippen LogP contribution in [0.3, 0.4) is 0 Å². The van der Waals surface area contributed by atoms with Crippen molar-refractivity contribution in [1.82, 2.24) is 5.32 Å². The van der Waals surface area contributed by atoms with Crippen molar-refractivity contribution in [3.05, 3.63) is 28.8 Å². The van der Waals surface area contributed by atoms with Gasteiger partial charge in [0.25, 0.3) is 0 Å². The van der Waals surface area contributed by atoms with Crippen LogP contribution in [0.4, 0.5) is 5.69 Å². The molecule has 0 spiro atoms.